The molecule has 194 valence electrons. The summed E-state index contributed by atoms with van der Waals surface area (Å²) in [6.07, 6.45) is 0.573. The molecule has 0 radical (unpaired) electrons. The quantitative estimate of drug-likeness (QED) is 0.237. The third-order valence-corrected chi connectivity index (χ3v) is 8.72. The van der Waals surface area contributed by atoms with Crippen LogP contribution < -0.4 is 9.47 Å². The summed E-state index contributed by atoms with van der Waals surface area (Å²) >= 11 is 0. The Kier molecular flexibility index (Phi) is 5.23. The molecule has 3 heterocycles. The Labute approximate surface area is 228 Å². The van der Waals surface area contributed by atoms with E-state index in [1.807, 2.05) is 0 Å². The zero-order valence-electron chi connectivity index (χ0n) is 22.1. The van der Waals surface area contributed by atoms with E-state index in [9.17, 15) is 0 Å². The second kappa shape index (κ2) is 8.84. The van der Waals surface area contributed by atoms with Gasteiger partial charge in [-0.15, -0.1) is 0 Å². The molecule has 0 saturated carbocycles. The summed E-state index contributed by atoms with van der Waals surface area (Å²) in [4.78, 5) is 0. The predicted molar refractivity (Wildman–Crippen MR) is 153 cm³/mol. The van der Waals surface area contributed by atoms with E-state index in [1.54, 1.807) is 0 Å². The van der Waals surface area contributed by atoms with Crippen LogP contribution in [0.25, 0.3) is 21.5 Å². The molecule has 1 saturated heterocycles. The topological polar surface area (TPSA) is 36.9 Å². The lowest BCUT2D eigenvalue weighted by Gasteiger charge is -2.32. The minimum absolute atomic E-state index is 0.0329. The third-order valence-electron chi connectivity index (χ3n) is 8.72. The Morgan fingerprint density at radius 2 is 1.46 bits per heavy atom. The van der Waals surface area contributed by atoms with Crippen molar-refractivity contribution in [1.29, 1.82) is 0 Å². The molecule has 0 amide bonds. The highest BCUT2D eigenvalue weighted by atomic mass is 16.7. The van der Waals surface area contributed by atoms with Gasteiger partial charge in [-0.2, -0.15) is 0 Å². The van der Waals surface area contributed by atoms with Gasteiger partial charge >= 0.3 is 0 Å². The molecule has 0 spiro atoms. The lowest BCUT2D eigenvalue weighted by atomic mass is 9.77. The van der Waals surface area contributed by atoms with Crippen LogP contribution in [0, 0.1) is 0 Å². The standard InChI is InChI=1S/C35H30O4/c1-3-20(2)27-16-23(17-28-34(27)36-18-24-19-37-35(28)38-24)31-32-25-10-6-4-8-21(25)12-14-29(32)39-30-15-13-22-9-5-7-11-26(22)33(30)31/h4-17,20,24,31,35H,3,18-19H2,1-2H3. The highest BCUT2D eigenvalue weighted by molar-refractivity contribution is 5.95. The Hall–Kier alpha value is -3.86. The third kappa shape index (κ3) is 3.52. The first-order valence-corrected chi connectivity index (χ1v) is 14.0. The van der Waals surface area contributed by atoms with Crippen LogP contribution in [0.4, 0.5) is 0 Å². The van der Waals surface area contributed by atoms with Crippen LogP contribution in [0.1, 0.15) is 66.2 Å². The van der Waals surface area contributed by atoms with Crippen LogP contribution in [0.3, 0.4) is 0 Å². The predicted octanol–water partition coefficient (Wildman–Crippen LogP) is 8.60. The summed E-state index contributed by atoms with van der Waals surface area (Å²) in [5, 5.41) is 4.84. The second-order valence-electron chi connectivity index (χ2n) is 11.0. The SMILES string of the molecule is CCC(C)c1cc(C2c3c(ccc4ccccc34)Oc3ccc4ccccc4c32)cc2c1OCC1COC2O1. The van der Waals surface area contributed by atoms with E-state index in [0.29, 0.717) is 19.1 Å². The summed E-state index contributed by atoms with van der Waals surface area (Å²) in [7, 11) is 0. The van der Waals surface area contributed by atoms with Gasteiger partial charge < -0.3 is 18.9 Å². The van der Waals surface area contributed by atoms with Gasteiger partial charge in [-0.25, -0.2) is 0 Å². The number of benzene rings is 5. The van der Waals surface area contributed by atoms with E-state index in [4.69, 9.17) is 18.9 Å². The van der Waals surface area contributed by atoms with E-state index in [-0.39, 0.29) is 12.0 Å². The summed E-state index contributed by atoms with van der Waals surface area (Å²) in [5.41, 5.74) is 5.83. The molecular formula is C35H30O4. The fourth-order valence-corrected chi connectivity index (χ4v) is 6.59. The van der Waals surface area contributed by atoms with Crippen molar-refractivity contribution in [2.45, 2.75) is 44.5 Å². The zero-order valence-corrected chi connectivity index (χ0v) is 22.1. The van der Waals surface area contributed by atoms with E-state index in [1.165, 1.54) is 43.8 Å². The molecule has 5 aromatic rings. The van der Waals surface area contributed by atoms with E-state index in [0.717, 1.165) is 29.2 Å². The molecule has 8 rings (SSSR count). The molecule has 5 aromatic carbocycles. The Morgan fingerprint density at radius 1 is 0.795 bits per heavy atom. The fourth-order valence-electron chi connectivity index (χ4n) is 6.59. The first kappa shape index (κ1) is 23.1. The lowest BCUT2D eigenvalue weighted by Crippen LogP contribution is -2.19. The van der Waals surface area contributed by atoms with Crippen molar-refractivity contribution in [3.63, 3.8) is 0 Å². The largest absolute Gasteiger partial charge is 0.490 e. The van der Waals surface area contributed by atoms with Crippen LogP contribution in [0.5, 0.6) is 17.2 Å². The van der Waals surface area contributed by atoms with Gasteiger partial charge in [0, 0.05) is 17.0 Å². The van der Waals surface area contributed by atoms with Crippen LogP contribution in [0.15, 0.2) is 84.9 Å². The number of rotatable bonds is 3. The maximum Gasteiger partial charge on any atom is 0.188 e. The molecule has 3 aliphatic rings. The molecule has 0 N–H and O–H groups in total. The summed E-state index contributed by atoms with van der Waals surface area (Å²) in [6.45, 7) is 5.60. The Morgan fingerprint density at radius 3 is 2.13 bits per heavy atom. The van der Waals surface area contributed by atoms with Crippen molar-refractivity contribution < 1.29 is 18.9 Å². The van der Waals surface area contributed by atoms with Crippen molar-refractivity contribution in [2.75, 3.05) is 13.2 Å². The van der Waals surface area contributed by atoms with Gasteiger partial charge in [0.1, 0.15) is 30.0 Å². The van der Waals surface area contributed by atoms with E-state index in [2.05, 4.69) is 98.8 Å². The zero-order chi connectivity index (χ0) is 26.1. The minimum atomic E-state index is -0.408. The van der Waals surface area contributed by atoms with Crippen LogP contribution >= 0.6 is 0 Å². The van der Waals surface area contributed by atoms with Gasteiger partial charge in [-0.05, 0) is 63.2 Å². The molecular weight excluding hydrogens is 484 g/mol. The average molecular weight is 515 g/mol. The van der Waals surface area contributed by atoms with Crippen molar-refractivity contribution in [3.05, 3.63) is 113 Å². The first-order valence-electron chi connectivity index (χ1n) is 14.0. The first-order chi connectivity index (χ1) is 19.2. The normalized spacial score (nSPS) is 20.5. The number of ether oxygens (including phenoxy) is 4. The molecule has 1 fully saturated rings. The van der Waals surface area contributed by atoms with Crippen molar-refractivity contribution in [2.24, 2.45) is 0 Å². The summed E-state index contributed by atoms with van der Waals surface area (Å²) in [5.74, 6) is 3.05. The van der Waals surface area contributed by atoms with Gasteiger partial charge in [-0.1, -0.05) is 80.6 Å². The lowest BCUT2D eigenvalue weighted by molar-refractivity contribution is -0.0579. The average Bonchev–Trinajstić information content (AvgIpc) is 3.38. The van der Waals surface area contributed by atoms with Crippen LogP contribution in [-0.2, 0) is 9.47 Å². The van der Waals surface area contributed by atoms with Gasteiger partial charge in [0.2, 0.25) is 0 Å². The summed E-state index contributed by atoms with van der Waals surface area (Å²) in [6, 6.07) is 30.5. The monoisotopic (exact) mass is 514 g/mol. The van der Waals surface area contributed by atoms with Gasteiger partial charge in [0.05, 0.1) is 12.2 Å². The Bertz CT molecular complexity index is 1670. The smallest absolute Gasteiger partial charge is 0.188 e. The molecule has 3 atom stereocenters. The van der Waals surface area contributed by atoms with Crippen molar-refractivity contribution in [1.82, 2.24) is 0 Å². The Balaban J connectivity index is 1.47. The molecule has 0 aliphatic carbocycles. The van der Waals surface area contributed by atoms with E-state index < -0.39 is 6.29 Å². The highest BCUT2D eigenvalue weighted by Gasteiger charge is 2.38. The molecule has 3 aliphatic heterocycles. The number of hydrogen-bond acceptors (Lipinski definition) is 4. The van der Waals surface area contributed by atoms with Crippen LogP contribution in [0.2, 0.25) is 0 Å². The maximum atomic E-state index is 6.65. The molecule has 4 nitrogen and oxygen atoms in total. The molecule has 0 aromatic heterocycles. The molecule has 4 heteroatoms. The highest BCUT2D eigenvalue weighted by Crippen LogP contribution is 2.54. The summed E-state index contributed by atoms with van der Waals surface area (Å²) < 4.78 is 25.5. The van der Waals surface area contributed by atoms with Gasteiger partial charge in [0.25, 0.3) is 0 Å². The molecule has 39 heavy (non-hydrogen) atoms. The second-order valence-corrected chi connectivity index (χ2v) is 11.0. The minimum Gasteiger partial charge on any atom is -0.490 e. The van der Waals surface area contributed by atoms with Crippen molar-refractivity contribution in [3.8, 4) is 17.2 Å². The van der Waals surface area contributed by atoms with Gasteiger partial charge in [0.15, 0.2) is 6.29 Å². The molecule has 2 bridgehead atoms. The molecule has 3 unspecified atom stereocenters. The number of hydrogen-bond donors (Lipinski definition) is 0. The van der Waals surface area contributed by atoms with Crippen LogP contribution in [-0.4, -0.2) is 19.3 Å². The van der Waals surface area contributed by atoms with E-state index >= 15 is 0 Å². The van der Waals surface area contributed by atoms with Gasteiger partial charge in [-0.3, -0.25) is 0 Å². The number of fused-ring (bicyclic) bond motifs is 10. The van der Waals surface area contributed by atoms with Crippen molar-refractivity contribution >= 4 is 21.5 Å². The fraction of sp³-hybridized carbons (Fsp3) is 0.257. The maximum absolute atomic E-state index is 6.65.